The van der Waals surface area contributed by atoms with Crippen LogP contribution in [-0.2, 0) is 11.3 Å². The molecule has 2 N–H and O–H groups in total. The van der Waals surface area contributed by atoms with Crippen molar-refractivity contribution < 1.29 is 9.53 Å². The minimum absolute atomic E-state index is 0.00257. The number of hydrogen-bond donors (Lipinski definition) is 1. The number of anilines is 2. The van der Waals surface area contributed by atoms with Gasteiger partial charge in [0.2, 0.25) is 0 Å². The highest BCUT2D eigenvalue weighted by atomic mass is 79.9. The van der Waals surface area contributed by atoms with Gasteiger partial charge in [0.15, 0.2) is 18.2 Å². The molecule has 0 bridgehead atoms. The summed E-state index contributed by atoms with van der Waals surface area (Å²) in [5.41, 5.74) is 7.20. The summed E-state index contributed by atoms with van der Waals surface area (Å²) in [6.07, 6.45) is 1.52. The summed E-state index contributed by atoms with van der Waals surface area (Å²) in [4.78, 5) is 17.9. The summed E-state index contributed by atoms with van der Waals surface area (Å²) < 4.78 is 6.32. The van der Waals surface area contributed by atoms with Crippen LogP contribution in [0.5, 0.6) is 5.75 Å². The van der Waals surface area contributed by atoms with Crippen LogP contribution in [0.3, 0.4) is 0 Å². The van der Waals surface area contributed by atoms with E-state index in [1.807, 2.05) is 24.3 Å². The zero-order valence-corrected chi connectivity index (χ0v) is 12.1. The van der Waals surface area contributed by atoms with Crippen LogP contribution < -0.4 is 15.4 Å². The number of benzene rings is 1. The quantitative estimate of drug-likeness (QED) is 0.915. The first-order chi connectivity index (χ1) is 9.65. The average Bonchev–Trinajstić information content (AvgIpc) is 2.44. The van der Waals surface area contributed by atoms with Gasteiger partial charge in [-0.15, -0.1) is 0 Å². The van der Waals surface area contributed by atoms with Crippen LogP contribution in [-0.4, -0.2) is 17.5 Å². The smallest absolute Gasteiger partial charge is 0.266 e. The lowest BCUT2D eigenvalue weighted by Crippen LogP contribution is -2.39. The SMILES string of the molecule is Nc1cnc2c(c1)OCC(=O)N2Cc1ccccc1Br. The first-order valence-electron chi connectivity index (χ1n) is 6.07. The number of carbonyl (C=O) groups excluding carboxylic acids is 1. The Morgan fingerprint density at radius 2 is 2.20 bits per heavy atom. The summed E-state index contributed by atoms with van der Waals surface area (Å²) in [7, 11) is 0. The number of ether oxygens (including phenoxy) is 1. The van der Waals surface area contributed by atoms with Crippen molar-refractivity contribution in [1.29, 1.82) is 0 Å². The fourth-order valence-electron chi connectivity index (χ4n) is 2.06. The van der Waals surface area contributed by atoms with Crippen molar-refractivity contribution in [1.82, 2.24) is 4.98 Å². The summed E-state index contributed by atoms with van der Waals surface area (Å²) in [6, 6.07) is 9.45. The van der Waals surface area contributed by atoms with Gasteiger partial charge in [-0.1, -0.05) is 34.1 Å². The number of amides is 1. The van der Waals surface area contributed by atoms with Crippen LogP contribution >= 0.6 is 15.9 Å². The van der Waals surface area contributed by atoms with Crippen molar-refractivity contribution in [2.45, 2.75) is 6.54 Å². The van der Waals surface area contributed by atoms with Crippen LogP contribution in [0.1, 0.15) is 5.56 Å². The lowest BCUT2D eigenvalue weighted by molar-refractivity contribution is -0.121. The Kier molecular flexibility index (Phi) is 3.31. The van der Waals surface area contributed by atoms with E-state index < -0.39 is 0 Å². The second kappa shape index (κ2) is 5.13. The summed E-state index contributed by atoms with van der Waals surface area (Å²) in [6.45, 7) is 0.441. The lowest BCUT2D eigenvalue weighted by atomic mass is 10.2. The fraction of sp³-hybridized carbons (Fsp3) is 0.143. The molecule has 0 saturated carbocycles. The molecule has 1 aromatic heterocycles. The van der Waals surface area contributed by atoms with Crippen molar-refractivity contribution in [3.63, 3.8) is 0 Å². The van der Waals surface area contributed by atoms with Crippen LogP contribution in [0.25, 0.3) is 0 Å². The zero-order valence-electron chi connectivity index (χ0n) is 10.5. The molecule has 0 atom stereocenters. The first-order valence-corrected chi connectivity index (χ1v) is 6.86. The Morgan fingerprint density at radius 3 is 3.00 bits per heavy atom. The van der Waals surface area contributed by atoms with Gasteiger partial charge in [-0.3, -0.25) is 9.69 Å². The molecule has 0 aliphatic carbocycles. The van der Waals surface area contributed by atoms with Gasteiger partial charge in [0.1, 0.15) is 0 Å². The van der Waals surface area contributed by atoms with Crippen LogP contribution in [0.4, 0.5) is 11.5 Å². The van der Waals surface area contributed by atoms with E-state index in [0.29, 0.717) is 23.8 Å². The second-order valence-electron chi connectivity index (χ2n) is 4.45. The van der Waals surface area contributed by atoms with Gasteiger partial charge in [-0.25, -0.2) is 4.98 Å². The molecule has 0 radical (unpaired) electrons. The number of nitrogen functional groups attached to an aromatic ring is 1. The van der Waals surface area contributed by atoms with Crippen LogP contribution in [0.2, 0.25) is 0 Å². The highest BCUT2D eigenvalue weighted by Crippen LogP contribution is 2.33. The van der Waals surface area contributed by atoms with E-state index in [1.165, 1.54) is 6.20 Å². The van der Waals surface area contributed by atoms with Crippen molar-refractivity contribution in [2.75, 3.05) is 17.2 Å². The molecule has 2 heterocycles. The van der Waals surface area contributed by atoms with E-state index in [2.05, 4.69) is 20.9 Å². The number of fused-ring (bicyclic) bond motifs is 1. The maximum atomic E-state index is 12.1. The molecular formula is C14H12BrN3O2. The molecule has 1 aromatic carbocycles. The van der Waals surface area contributed by atoms with Crippen LogP contribution in [0, 0.1) is 0 Å². The maximum Gasteiger partial charge on any atom is 0.266 e. The predicted octanol–water partition coefficient (Wildman–Crippen LogP) is 2.35. The molecule has 20 heavy (non-hydrogen) atoms. The molecule has 6 heteroatoms. The number of halogens is 1. The Balaban J connectivity index is 1.97. The van der Waals surface area contributed by atoms with E-state index in [9.17, 15) is 4.79 Å². The van der Waals surface area contributed by atoms with Crippen molar-refractivity contribution >= 4 is 33.3 Å². The van der Waals surface area contributed by atoms with Gasteiger partial charge >= 0.3 is 0 Å². The number of aromatic nitrogens is 1. The number of hydrogen-bond acceptors (Lipinski definition) is 4. The number of rotatable bonds is 2. The third-order valence-corrected chi connectivity index (χ3v) is 3.82. The summed E-state index contributed by atoms with van der Waals surface area (Å²) in [5, 5.41) is 0. The van der Waals surface area contributed by atoms with Gasteiger partial charge in [0, 0.05) is 10.5 Å². The Labute approximate surface area is 124 Å². The van der Waals surface area contributed by atoms with Gasteiger partial charge in [0.25, 0.3) is 5.91 Å². The minimum atomic E-state index is -0.120. The third kappa shape index (κ3) is 2.34. The molecule has 0 saturated heterocycles. The molecule has 2 aromatic rings. The molecule has 0 spiro atoms. The molecular weight excluding hydrogens is 322 g/mol. The Morgan fingerprint density at radius 1 is 1.40 bits per heavy atom. The van der Waals surface area contributed by atoms with E-state index in [1.54, 1.807) is 11.0 Å². The van der Waals surface area contributed by atoms with Gasteiger partial charge in [-0.2, -0.15) is 0 Å². The topological polar surface area (TPSA) is 68.5 Å². The molecule has 1 aliphatic heterocycles. The maximum absolute atomic E-state index is 12.1. The molecule has 102 valence electrons. The molecule has 3 rings (SSSR count). The van der Waals surface area contributed by atoms with E-state index in [4.69, 9.17) is 10.5 Å². The fourth-order valence-corrected chi connectivity index (χ4v) is 2.47. The second-order valence-corrected chi connectivity index (χ2v) is 5.30. The number of nitrogens with two attached hydrogens (primary N) is 1. The van der Waals surface area contributed by atoms with Crippen molar-refractivity contribution in [2.24, 2.45) is 0 Å². The monoisotopic (exact) mass is 333 g/mol. The highest BCUT2D eigenvalue weighted by Gasteiger charge is 2.27. The van der Waals surface area contributed by atoms with E-state index in [-0.39, 0.29) is 12.5 Å². The van der Waals surface area contributed by atoms with Gasteiger partial charge < -0.3 is 10.5 Å². The molecule has 1 amide bonds. The largest absolute Gasteiger partial charge is 0.480 e. The van der Waals surface area contributed by atoms with E-state index in [0.717, 1.165) is 10.0 Å². The molecule has 0 fully saturated rings. The first kappa shape index (κ1) is 12.9. The predicted molar refractivity (Wildman–Crippen MR) is 79.5 cm³/mol. The lowest BCUT2D eigenvalue weighted by Gasteiger charge is -2.28. The number of pyridine rings is 1. The van der Waals surface area contributed by atoms with Gasteiger partial charge in [-0.05, 0) is 11.6 Å². The molecule has 1 aliphatic rings. The molecule has 5 nitrogen and oxygen atoms in total. The Hall–Kier alpha value is -2.08. The summed E-state index contributed by atoms with van der Waals surface area (Å²) in [5.74, 6) is 0.924. The third-order valence-electron chi connectivity index (χ3n) is 3.05. The molecule has 0 unspecified atom stereocenters. The normalized spacial score (nSPS) is 13.8. The minimum Gasteiger partial charge on any atom is -0.480 e. The number of carbonyl (C=O) groups is 1. The Bertz CT molecular complexity index is 675. The van der Waals surface area contributed by atoms with Gasteiger partial charge in [0.05, 0.1) is 18.4 Å². The van der Waals surface area contributed by atoms with E-state index >= 15 is 0 Å². The highest BCUT2D eigenvalue weighted by molar-refractivity contribution is 9.10. The summed E-state index contributed by atoms with van der Waals surface area (Å²) >= 11 is 3.48. The number of nitrogens with zero attached hydrogens (tertiary/aromatic N) is 2. The zero-order chi connectivity index (χ0) is 14.1. The van der Waals surface area contributed by atoms with Crippen molar-refractivity contribution in [3.05, 3.63) is 46.6 Å². The van der Waals surface area contributed by atoms with Crippen molar-refractivity contribution in [3.8, 4) is 5.75 Å². The standard InChI is InChI=1S/C14H12BrN3O2/c15-11-4-2-1-3-9(11)7-18-13(19)8-20-12-5-10(16)6-17-14(12)18/h1-6H,7-8,16H2. The van der Waals surface area contributed by atoms with Crippen LogP contribution in [0.15, 0.2) is 41.0 Å². The average molecular weight is 334 g/mol.